The van der Waals surface area contributed by atoms with Crippen LogP contribution in [-0.4, -0.2) is 49.7 Å². The molecule has 1 aromatic carbocycles. The van der Waals surface area contributed by atoms with Gasteiger partial charge < -0.3 is 19.5 Å². The molecule has 0 aliphatic heterocycles. The molecule has 0 saturated carbocycles. The fraction of sp³-hybridized carbons (Fsp3) is 0.375. The van der Waals surface area contributed by atoms with E-state index in [2.05, 4.69) is 0 Å². The largest absolute Gasteiger partial charge is 0.493 e. The zero-order chi connectivity index (χ0) is 16.5. The average molecular weight is 307 g/mol. The summed E-state index contributed by atoms with van der Waals surface area (Å²) in [5.74, 6) is 0.172. The highest BCUT2D eigenvalue weighted by Gasteiger charge is 2.07. The van der Waals surface area contributed by atoms with Crippen molar-refractivity contribution in [1.29, 1.82) is 0 Å². The molecule has 0 aliphatic carbocycles. The monoisotopic (exact) mass is 307 g/mol. The first kappa shape index (κ1) is 17.6. The van der Waals surface area contributed by atoms with Crippen LogP contribution in [0.4, 0.5) is 0 Å². The predicted octanol–water partition coefficient (Wildman–Crippen LogP) is 2.04. The SMILES string of the molecule is COc1ccc(/C=C\C(=O)N(C)CCCC(=O)O)cc1OC. The summed E-state index contributed by atoms with van der Waals surface area (Å²) in [5, 5.41) is 8.57. The minimum Gasteiger partial charge on any atom is -0.493 e. The van der Waals surface area contributed by atoms with Crippen LogP contribution in [0.2, 0.25) is 0 Å². The number of methoxy groups -OCH3 is 2. The van der Waals surface area contributed by atoms with Gasteiger partial charge in [-0.05, 0) is 30.2 Å². The lowest BCUT2D eigenvalue weighted by molar-refractivity contribution is -0.137. The van der Waals surface area contributed by atoms with E-state index in [-0.39, 0.29) is 12.3 Å². The van der Waals surface area contributed by atoms with Crippen molar-refractivity contribution < 1.29 is 24.2 Å². The number of amides is 1. The molecule has 1 amide bonds. The van der Waals surface area contributed by atoms with E-state index in [1.807, 2.05) is 6.07 Å². The van der Waals surface area contributed by atoms with Gasteiger partial charge in [0, 0.05) is 26.1 Å². The van der Waals surface area contributed by atoms with Gasteiger partial charge in [0.1, 0.15) is 0 Å². The molecule has 0 spiro atoms. The number of likely N-dealkylation sites (N-methyl/N-ethyl adjacent to an activating group) is 1. The Bertz CT molecular complexity index is 553. The summed E-state index contributed by atoms with van der Waals surface area (Å²) >= 11 is 0. The van der Waals surface area contributed by atoms with Crippen LogP contribution in [0.15, 0.2) is 24.3 Å². The first-order valence-corrected chi connectivity index (χ1v) is 6.85. The number of rotatable bonds is 8. The van der Waals surface area contributed by atoms with Crippen molar-refractivity contribution in [3.8, 4) is 11.5 Å². The lowest BCUT2D eigenvalue weighted by Crippen LogP contribution is -2.26. The van der Waals surface area contributed by atoms with Gasteiger partial charge in [0.05, 0.1) is 14.2 Å². The molecule has 0 fully saturated rings. The fourth-order valence-corrected chi connectivity index (χ4v) is 1.83. The summed E-state index contributed by atoms with van der Waals surface area (Å²) in [6.45, 7) is 0.404. The van der Waals surface area contributed by atoms with E-state index in [0.29, 0.717) is 24.5 Å². The predicted molar refractivity (Wildman–Crippen MR) is 83.1 cm³/mol. The molecule has 6 nitrogen and oxygen atoms in total. The van der Waals surface area contributed by atoms with Crippen LogP contribution in [-0.2, 0) is 9.59 Å². The summed E-state index contributed by atoms with van der Waals surface area (Å²) < 4.78 is 10.3. The van der Waals surface area contributed by atoms with E-state index >= 15 is 0 Å². The zero-order valence-corrected chi connectivity index (χ0v) is 13.0. The van der Waals surface area contributed by atoms with Gasteiger partial charge in [-0.15, -0.1) is 0 Å². The highest BCUT2D eigenvalue weighted by molar-refractivity contribution is 5.91. The Balaban J connectivity index is 2.63. The zero-order valence-electron chi connectivity index (χ0n) is 13.0. The molecule has 1 aromatic rings. The Morgan fingerprint density at radius 2 is 1.91 bits per heavy atom. The second-order valence-electron chi connectivity index (χ2n) is 4.70. The molecule has 0 bridgehead atoms. The molecule has 0 aromatic heterocycles. The van der Waals surface area contributed by atoms with Gasteiger partial charge >= 0.3 is 5.97 Å². The van der Waals surface area contributed by atoms with Crippen molar-refractivity contribution in [3.05, 3.63) is 29.8 Å². The third-order valence-corrected chi connectivity index (χ3v) is 3.09. The van der Waals surface area contributed by atoms with Crippen LogP contribution in [0.25, 0.3) is 6.08 Å². The molecule has 22 heavy (non-hydrogen) atoms. The number of hydrogen-bond acceptors (Lipinski definition) is 4. The summed E-state index contributed by atoms with van der Waals surface area (Å²) in [7, 11) is 4.75. The molecule has 120 valence electrons. The highest BCUT2D eigenvalue weighted by Crippen LogP contribution is 2.27. The molecule has 0 aliphatic rings. The summed E-state index contributed by atoms with van der Waals surface area (Å²) in [5.41, 5.74) is 0.810. The maximum Gasteiger partial charge on any atom is 0.303 e. The van der Waals surface area contributed by atoms with Crippen LogP contribution in [0, 0.1) is 0 Å². The van der Waals surface area contributed by atoms with Crippen molar-refractivity contribution >= 4 is 18.0 Å². The molecular weight excluding hydrogens is 286 g/mol. The standard InChI is InChI=1S/C16H21NO5/c1-17(10-4-5-16(19)20)15(18)9-7-12-6-8-13(21-2)14(11-12)22-3/h6-9,11H,4-5,10H2,1-3H3,(H,19,20)/b9-7-. The van der Waals surface area contributed by atoms with Gasteiger partial charge in [0.25, 0.3) is 0 Å². The minimum atomic E-state index is -0.860. The number of carbonyl (C=O) groups excluding carboxylic acids is 1. The Morgan fingerprint density at radius 3 is 2.50 bits per heavy atom. The van der Waals surface area contributed by atoms with Crippen LogP contribution < -0.4 is 9.47 Å². The quantitative estimate of drug-likeness (QED) is 0.744. The first-order valence-electron chi connectivity index (χ1n) is 6.85. The van der Waals surface area contributed by atoms with Gasteiger partial charge in [-0.1, -0.05) is 6.07 Å². The van der Waals surface area contributed by atoms with Gasteiger partial charge in [-0.2, -0.15) is 0 Å². The Labute approximate surface area is 129 Å². The topological polar surface area (TPSA) is 76.1 Å². The summed E-state index contributed by atoms with van der Waals surface area (Å²) in [6.07, 6.45) is 3.61. The molecule has 1 N–H and O–H groups in total. The van der Waals surface area contributed by atoms with Crippen LogP contribution in [0.3, 0.4) is 0 Å². The maximum absolute atomic E-state index is 11.9. The number of carboxylic acids is 1. The number of ether oxygens (including phenoxy) is 2. The van der Waals surface area contributed by atoms with Crippen LogP contribution in [0.1, 0.15) is 18.4 Å². The Kier molecular flexibility index (Phi) is 6.95. The molecule has 6 heteroatoms. The second-order valence-corrected chi connectivity index (χ2v) is 4.70. The molecule has 0 heterocycles. The number of benzene rings is 1. The van der Waals surface area contributed by atoms with E-state index in [0.717, 1.165) is 5.56 Å². The van der Waals surface area contributed by atoms with Crippen molar-refractivity contribution in [2.45, 2.75) is 12.8 Å². The Morgan fingerprint density at radius 1 is 1.23 bits per heavy atom. The maximum atomic E-state index is 11.9. The molecular formula is C16H21NO5. The van der Waals surface area contributed by atoms with E-state index in [9.17, 15) is 9.59 Å². The second kappa shape index (κ2) is 8.71. The number of aliphatic carboxylic acids is 1. The van der Waals surface area contributed by atoms with E-state index in [1.165, 1.54) is 11.0 Å². The number of hydrogen-bond donors (Lipinski definition) is 1. The lowest BCUT2D eigenvalue weighted by atomic mass is 10.2. The molecule has 0 atom stereocenters. The van der Waals surface area contributed by atoms with Gasteiger partial charge in [0.2, 0.25) is 5.91 Å². The third-order valence-electron chi connectivity index (χ3n) is 3.09. The van der Waals surface area contributed by atoms with E-state index < -0.39 is 5.97 Å². The molecule has 1 rings (SSSR count). The molecule has 0 unspecified atom stereocenters. The van der Waals surface area contributed by atoms with Crippen molar-refractivity contribution in [1.82, 2.24) is 4.90 Å². The number of nitrogens with zero attached hydrogens (tertiary/aromatic N) is 1. The first-order chi connectivity index (χ1) is 10.5. The van der Waals surface area contributed by atoms with Gasteiger partial charge in [0.15, 0.2) is 11.5 Å². The highest BCUT2D eigenvalue weighted by atomic mass is 16.5. The average Bonchev–Trinajstić information content (AvgIpc) is 2.51. The fourth-order valence-electron chi connectivity index (χ4n) is 1.83. The van der Waals surface area contributed by atoms with Gasteiger partial charge in [-0.3, -0.25) is 9.59 Å². The lowest BCUT2D eigenvalue weighted by Gasteiger charge is -2.14. The third kappa shape index (κ3) is 5.47. The molecule has 0 radical (unpaired) electrons. The summed E-state index contributed by atoms with van der Waals surface area (Å²) in [4.78, 5) is 23.8. The van der Waals surface area contributed by atoms with Crippen LogP contribution >= 0.6 is 0 Å². The van der Waals surface area contributed by atoms with Crippen molar-refractivity contribution in [2.75, 3.05) is 27.8 Å². The van der Waals surface area contributed by atoms with Crippen molar-refractivity contribution in [3.63, 3.8) is 0 Å². The minimum absolute atomic E-state index is 0.0526. The smallest absolute Gasteiger partial charge is 0.303 e. The number of carbonyl (C=O) groups is 2. The van der Waals surface area contributed by atoms with E-state index in [4.69, 9.17) is 14.6 Å². The van der Waals surface area contributed by atoms with Crippen molar-refractivity contribution in [2.24, 2.45) is 0 Å². The normalized spacial score (nSPS) is 10.5. The van der Waals surface area contributed by atoms with Gasteiger partial charge in [-0.25, -0.2) is 0 Å². The number of carboxylic acid groups (broad SMARTS) is 1. The van der Waals surface area contributed by atoms with Crippen LogP contribution in [0.5, 0.6) is 11.5 Å². The van der Waals surface area contributed by atoms with E-state index in [1.54, 1.807) is 39.5 Å². The summed E-state index contributed by atoms with van der Waals surface area (Å²) in [6, 6.07) is 5.35. The Hall–Kier alpha value is -2.50. The molecule has 0 saturated heterocycles.